The van der Waals surface area contributed by atoms with E-state index >= 15 is 0 Å². The minimum Gasteiger partial charge on any atom is -0.504 e. The highest BCUT2D eigenvalue weighted by atomic mass is 16.5. The van der Waals surface area contributed by atoms with Crippen molar-refractivity contribution in [2.75, 3.05) is 26.9 Å². The number of nitrogens with one attached hydrogen (secondary N) is 3. The van der Waals surface area contributed by atoms with E-state index in [1.165, 1.54) is 44.6 Å². The zero-order valence-electron chi connectivity index (χ0n) is 27.0. The van der Waals surface area contributed by atoms with Crippen molar-refractivity contribution in [3.63, 3.8) is 0 Å². The molecule has 4 aliphatic carbocycles. The van der Waals surface area contributed by atoms with Crippen LogP contribution in [0, 0.1) is 23.2 Å². The fourth-order valence-electron chi connectivity index (χ4n) is 7.88. The Bertz CT molecular complexity index is 1280. The Balaban J connectivity index is 1.42. The summed E-state index contributed by atoms with van der Waals surface area (Å²) in [5, 5.41) is 17.9. The molecule has 1 aromatic rings. The molecule has 12 heteroatoms. The van der Waals surface area contributed by atoms with Gasteiger partial charge in [-0.05, 0) is 112 Å². The molecule has 4 saturated carbocycles. The van der Waals surface area contributed by atoms with Gasteiger partial charge in [-0.25, -0.2) is 4.79 Å². The van der Waals surface area contributed by atoms with Crippen molar-refractivity contribution in [3.05, 3.63) is 29.8 Å². The lowest BCUT2D eigenvalue weighted by molar-refractivity contribution is -0.149. The van der Waals surface area contributed by atoms with Crippen LogP contribution >= 0.6 is 0 Å². The highest BCUT2D eigenvalue weighted by molar-refractivity contribution is 5.96. The quantitative estimate of drug-likeness (QED) is 0.157. The largest absolute Gasteiger partial charge is 0.504 e. The second-order valence-electron chi connectivity index (χ2n) is 12.9. The maximum Gasteiger partial charge on any atom is 0.328 e. The summed E-state index contributed by atoms with van der Waals surface area (Å²) in [6, 6.07) is 2.59. The summed E-state index contributed by atoms with van der Waals surface area (Å²) >= 11 is 0. The number of carbonyl (C=O) groups excluding carboxylic acids is 5. The Morgan fingerprint density at radius 1 is 0.957 bits per heavy atom. The van der Waals surface area contributed by atoms with Gasteiger partial charge in [0.05, 0.1) is 26.9 Å². The minimum atomic E-state index is -1.09. The molecule has 2 atom stereocenters. The van der Waals surface area contributed by atoms with Gasteiger partial charge in [0.25, 0.3) is 0 Å². The second-order valence-corrected chi connectivity index (χ2v) is 12.9. The fourth-order valence-corrected chi connectivity index (χ4v) is 7.88. The normalized spacial score (nSPS) is 24.1. The number of phenols is 1. The predicted octanol–water partition coefficient (Wildman–Crippen LogP) is 3.01. The van der Waals surface area contributed by atoms with Gasteiger partial charge in [0, 0.05) is 12.5 Å². The maximum atomic E-state index is 13.8. The predicted molar refractivity (Wildman–Crippen MR) is 168 cm³/mol. The first-order valence-electron chi connectivity index (χ1n) is 16.3. The Morgan fingerprint density at radius 3 is 2.22 bits per heavy atom. The number of benzene rings is 1. The smallest absolute Gasteiger partial charge is 0.328 e. The van der Waals surface area contributed by atoms with Crippen molar-refractivity contribution in [2.24, 2.45) is 23.2 Å². The molecule has 0 radical (unpaired) electrons. The van der Waals surface area contributed by atoms with Crippen LogP contribution in [-0.4, -0.2) is 73.7 Å². The van der Waals surface area contributed by atoms with Crippen molar-refractivity contribution in [1.29, 1.82) is 0 Å². The lowest BCUT2D eigenvalue weighted by atomic mass is 9.48. The van der Waals surface area contributed by atoms with E-state index < -0.39 is 41.7 Å². The Labute approximate surface area is 270 Å². The number of phenolic OH excluding ortho intramolecular Hbond substituents is 1. The van der Waals surface area contributed by atoms with E-state index in [0.29, 0.717) is 29.7 Å². The van der Waals surface area contributed by atoms with E-state index in [-0.39, 0.29) is 49.5 Å². The summed E-state index contributed by atoms with van der Waals surface area (Å²) < 4.78 is 15.2. The van der Waals surface area contributed by atoms with Crippen LogP contribution in [0.1, 0.15) is 77.2 Å². The number of esters is 2. The van der Waals surface area contributed by atoms with Gasteiger partial charge in [-0.3, -0.25) is 19.2 Å². The fraction of sp³-hybridized carbons (Fsp3) is 0.618. The molecule has 0 aromatic heterocycles. The summed E-state index contributed by atoms with van der Waals surface area (Å²) in [4.78, 5) is 64.2. The van der Waals surface area contributed by atoms with E-state index in [0.717, 1.165) is 19.3 Å². The highest BCUT2D eigenvalue weighted by Gasteiger charge is 2.52. The molecule has 46 heavy (non-hydrogen) atoms. The molecular formula is C34H47N3O9. The molecule has 4 fully saturated rings. The molecular weight excluding hydrogens is 594 g/mol. The van der Waals surface area contributed by atoms with Gasteiger partial charge < -0.3 is 35.3 Å². The highest BCUT2D eigenvalue weighted by Crippen LogP contribution is 2.61. The lowest BCUT2D eigenvalue weighted by Gasteiger charge is -2.57. The summed E-state index contributed by atoms with van der Waals surface area (Å²) in [6.07, 6.45) is 9.80. The van der Waals surface area contributed by atoms with E-state index in [1.54, 1.807) is 26.0 Å². The topological polar surface area (TPSA) is 169 Å². The Morgan fingerprint density at radius 2 is 1.61 bits per heavy atom. The van der Waals surface area contributed by atoms with Crippen LogP contribution in [0.5, 0.6) is 11.5 Å². The van der Waals surface area contributed by atoms with Crippen molar-refractivity contribution < 1.29 is 43.3 Å². The average molecular weight is 642 g/mol. The minimum absolute atomic E-state index is 0.00324. The summed E-state index contributed by atoms with van der Waals surface area (Å²) in [6.45, 7) is 3.28. The molecule has 0 spiro atoms. The van der Waals surface area contributed by atoms with Crippen molar-refractivity contribution in [3.8, 4) is 11.5 Å². The van der Waals surface area contributed by atoms with Crippen molar-refractivity contribution in [2.45, 2.75) is 83.7 Å². The van der Waals surface area contributed by atoms with Crippen LogP contribution < -0.4 is 20.7 Å². The third-order valence-corrected chi connectivity index (χ3v) is 9.34. The summed E-state index contributed by atoms with van der Waals surface area (Å²) in [7, 11) is 1.42. The van der Waals surface area contributed by atoms with Gasteiger partial charge in [0.15, 0.2) is 11.5 Å². The van der Waals surface area contributed by atoms with Crippen LogP contribution in [0.25, 0.3) is 6.08 Å². The molecule has 0 saturated heterocycles. The molecule has 252 valence electrons. The van der Waals surface area contributed by atoms with E-state index in [9.17, 15) is 29.1 Å². The van der Waals surface area contributed by atoms with Gasteiger partial charge in [0.1, 0.15) is 12.1 Å². The van der Waals surface area contributed by atoms with Gasteiger partial charge >= 0.3 is 11.9 Å². The number of methoxy groups -OCH3 is 1. The number of hydrogen-bond acceptors (Lipinski definition) is 9. The molecule has 0 heterocycles. The monoisotopic (exact) mass is 641 g/mol. The zero-order valence-corrected chi connectivity index (χ0v) is 27.0. The second kappa shape index (κ2) is 16.0. The summed E-state index contributed by atoms with van der Waals surface area (Å²) in [5.74, 6) is -0.631. The lowest BCUT2D eigenvalue weighted by Crippen LogP contribution is -2.56. The number of amides is 3. The first kappa shape index (κ1) is 34.8. The van der Waals surface area contributed by atoms with E-state index in [2.05, 4.69) is 16.0 Å². The van der Waals surface area contributed by atoms with Crippen LogP contribution in [0.3, 0.4) is 0 Å². The van der Waals surface area contributed by atoms with Crippen molar-refractivity contribution >= 4 is 35.7 Å². The average Bonchev–Trinajstić information content (AvgIpc) is 3.00. The maximum absolute atomic E-state index is 13.8. The number of rotatable bonds is 16. The van der Waals surface area contributed by atoms with Crippen LogP contribution in [0.4, 0.5) is 0 Å². The zero-order chi connectivity index (χ0) is 33.3. The van der Waals surface area contributed by atoms with Gasteiger partial charge in [-0.2, -0.15) is 0 Å². The summed E-state index contributed by atoms with van der Waals surface area (Å²) in [5.41, 5.74) is 0.534. The number of carbonyl (C=O) groups is 5. The number of hydrogen-bond donors (Lipinski definition) is 4. The molecule has 5 rings (SSSR count). The third kappa shape index (κ3) is 9.46. The number of aromatic hydroxyl groups is 1. The van der Waals surface area contributed by atoms with Gasteiger partial charge in [-0.15, -0.1) is 0 Å². The third-order valence-electron chi connectivity index (χ3n) is 9.34. The van der Waals surface area contributed by atoms with Crippen LogP contribution in [-0.2, 0) is 33.4 Å². The molecule has 3 amide bonds. The Kier molecular flexibility index (Phi) is 12.1. The molecule has 4 bridgehead atoms. The first-order chi connectivity index (χ1) is 22.0. The number of ether oxygens (including phenoxy) is 3. The Hall–Kier alpha value is -4.09. The first-order valence-corrected chi connectivity index (χ1v) is 16.3. The standard InChI is InChI=1S/C34H47N3O9/c1-4-45-31(41)11-8-25(33(43)46-5-2)37-32(42)26(19-34-16-22-12-23(17-34)14-24(13-22)18-34)36-30(40)20-35-29(39)10-7-21-6-9-27(38)28(15-21)44-3/h6-7,9-10,15,22-26,38H,4-5,8,11-14,16-20H2,1-3H3,(H,35,39)(H,36,40)(H,37,42)/b10-7+/t22?,23?,24?,25-,26+,34?/m1/s1. The van der Waals surface area contributed by atoms with Gasteiger partial charge in [-0.1, -0.05) is 6.07 Å². The molecule has 0 unspecified atom stereocenters. The van der Waals surface area contributed by atoms with Crippen LogP contribution in [0.15, 0.2) is 24.3 Å². The molecule has 4 N–H and O–H groups in total. The van der Waals surface area contributed by atoms with E-state index in [1.807, 2.05) is 0 Å². The van der Waals surface area contributed by atoms with Crippen molar-refractivity contribution in [1.82, 2.24) is 16.0 Å². The van der Waals surface area contributed by atoms with Gasteiger partial charge in [0.2, 0.25) is 17.7 Å². The van der Waals surface area contributed by atoms with Crippen LogP contribution in [0.2, 0.25) is 0 Å². The molecule has 12 nitrogen and oxygen atoms in total. The SMILES string of the molecule is CCOC(=O)CC[C@@H](NC(=O)[C@H](CC12CC3CC(CC(C3)C1)C2)NC(=O)CNC(=O)/C=C/c1ccc(O)c(OC)c1)C(=O)OCC. The molecule has 4 aliphatic rings. The molecule has 1 aromatic carbocycles. The molecule has 0 aliphatic heterocycles. The van der Waals surface area contributed by atoms with E-state index in [4.69, 9.17) is 14.2 Å².